The molecule has 0 saturated heterocycles. The number of rotatable bonds is 6. The van der Waals surface area contributed by atoms with E-state index in [1.165, 1.54) is 0 Å². The summed E-state index contributed by atoms with van der Waals surface area (Å²) in [6.45, 7) is 1.55. The second kappa shape index (κ2) is 9.01. The minimum atomic E-state index is 0.442. The molecule has 2 aromatic rings. The summed E-state index contributed by atoms with van der Waals surface area (Å²) in [6.07, 6.45) is 1.54. The molecule has 0 spiro atoms. The van der Waals surface area contributed by atoms with Crippen LogP contribution in [0.1, 0.15) is 5.69 Å². The van der Waals surface area contributed by atoms with Gasteiger partial charge in [0.05, 0.1) is 23.1 Å². The molecule has 2 heterocycles. The number of pyridine rings is 1. The number of halogens is 3. The van der Waals surface area contributed by atoms with E-state index in [9.17, 15) is 0 Å². The molecule has 24 heavy (non-hydrogen) atoms. The number of aromatic nitrogens is 2. The van der Waals surface area contributed by atoms with Crippen LogP contribution >= 0.6 is 34.8 Å². The maximum absolute atomic E-state index is 6.04. The Labute approximate surface area is 155 Å². The number of hydrogen-bond acceptors (Lipinski definition) is 3. The fourth-order valence-corrected chi connectivity index (χ4v) is 2.45. The molecule has 0 aliphatic rings. The summed E-state index contributed by atoms with van der Waals surface area (Å²) in [6, 6.07) is 5.27. The second-order valence-corrected chi connectivity index (χ2v) is 6.05. The number of ether oxygens (including phenoxy) is 1. The Balaban J connectivity index is 1.74. The molecule has 0 unspecified atom stereocenters. The van der Waals surface area contributed by atoms with Gasteiger partial charge in [-0.05, 0) is 12.1 Å². The summed E-state index contributed by atoms with van der Waals surface area (Å²) >= 11 is 17.8. The molecule has 9 heteroatoms. The second-order valence-electron chi connectivity index (χ2n) is 4.85. The molecule has 130 valence electrons. The number of guanidine groups is 1. The van der Waals surface area contributed by atoms with E-state index in [0.29, 0.717) is 46.7 Å². The summed E-state index contributed by atoms with van der Waals surface area (Å²) in [4.78, 5) is 8.20. The van der Waals surface area contributed by atoms with E-state index in [-0.39, 0.29) is 0 Å². The van der Waals surface area contributed by atoms with Gasteiger partial charge in [0.2, 0.25) is 5.88 Å². The number of aliphatic imine (C=N–C) groups is 1. The Morgan fingerprint density at radius 1 is 1.29 bits per heavy atom. The molecule has 6 nitrogen and oxygen atoms in total. The van der Waals surface area contributed by atoms with E-state index < -0.39 is 0 Å². The average Bonchev–Trinajstić information content (AvgIpc) is 2.83. The molecular weight excluding hydrogens is 373 g/mol. The fourth-order valence-electron chi connectivity index (χ4n) is 1.93. The van der Waals surface area contributed by atoms with Gasteiger partial charge in [-0.2, -0.15) is 0 Å². The van der Waals surface area contributed by atoms with Crippen LogP contribution in [0.4, 0.5) is 0 Å². The lowest BCUT2D eigenvalue weighted by Gasteiger charge is -2.12. The highest BCUT2D eigenvalue weighted by atomic mass is 35.5. The molecule has 0 bridgehead atoms. The summed E-state index contributed by atoms with van der Waals surface area (Å²) in [7, 11) is 3.55. The van der Waals surface area contributed by atoms with Crippen molar-refractivity contribution in [1.29, 1.82) is 0 Å². The molecule has 0 saturated carbocycles. The van der Waals surface area contributed by atoms with Gasteiger partial charge in [0, 0.05) is 32.1 Å². The van der Waals surface area contributed by atoms with Gasteiger partial charge in [-0.25, -0.2) is 4.98 Å². The highest BCUT2D eigenvalue weighted by molar-refractivity contribution is 6.41. The topological polar surface area (TPSA) is 63.5 Å². The first-order chi connectivity index (χ1) is 11.5. The van der Waals surface area contributed by atoms with E-state index in [2.05, 4.69) is 20.6 Å². The van der Waals surface area contributed by atoms with Gasteiger partial charge < -0.3 is 19.9 Å². The molecule has 0 amide bonds. The van der Waals surface area contributed by atoms with Crippen molar-refractivity contribution in [3.05, 3.63) is 45.3 Å². The van der Waals surface area contributed by atoms with Gasteiger partial charge in [0.15, 0.2) is 5.96 Å². The van der Waals surface area contributed by atoms with Crippen molar-refractivity contribution in [2.75, 3.05) is 20.2 Å². The predicted octanol–water partition coefficient (Wildman–Crippen LogP) is 3.12. The van der Waals surface area contributed by atoms with Crippen molar-refractivity contribution in [2.45, 2.75) is 6.54 Å². The molecule has 2 N–H and O–H groups in total. The van der Waals surface area contributed by atoms with Crippen LogP contribution in [0.5, 0.6) is 5.88 Å². The van der Waals surface area contributed by atoms with Crippen molar-refractivity contribution in [2.24, 2.45) is 12.0 Å². The highest BCUT2D eigenvalue weighted by Crippen LogP contribution is 2.24. The smallest absolute Gasteiger partial charge is 0.213 e. The minimum absolute atomic E-state index is 0.442. The average molecular weight is 391 g/mol. The Morgan fingerprint density at radius 3 is 2.67 bits per heavy atom. The molecule has 0 radical (unpaired) electrons. The van der Waals surface area contributed by atoms with Crippen LogP contribution in [0.25, 0.3) is 0 Å². The lowest BCUT2D eigenvalue weighted by atomic mass is 10.4. The number of nitrogens with zero attached hydrogens (tertiary/aromatic N) is 3. The molecule has 2 aromatic heterocycles. The van der Waals surface area contributed by atoms with Crippen LogP contribution in [0.3, 0.4) is 0 Å². The third-order valence-corrected chi connectivity index (χ3v) is 4.29. The van der Waals surface area contributed by atoms with Gasteiger partial charge in [0.25, 0.3) is 0 Å². The maximum Gasteiger partial charge on any atom is 0.213 e. The van der Waals surface area contributed by atoms with Gasteiger partial charge in [-0.1, -0.05) is 34.8 Å². The number of nitrogens with one attached hydrogen (secondary N) is 2. The van der Waals surface area contributed by atoms with Crippen LogP contribution < -0.4 is 15.4 Å². The van der Waals surface area contributed by atoms with E-state index in [4.69, 9.17) is 39.5 Å². The molecule has 2 rings (SSSR count). The normalized spacial score (nSPS) is 11.5. The summed E-state index contributed by atoms with van der Waals surface area (Å²) in [5.74, 6) is 1.17. The quantitative estimate of drug-likeness (QED) is 0.452. The van der Waals surface area contributed by atoms with Gasteiger partial charge in [-0.15, -0.1) is 0 Å². The van der Waals surface area contributed by atoms with Crippen LogP contribution in [0.2, 0.25) is 15.2 Å². The van der Waals surface area contributed by atoms with E-state index in [0.717, 1.165) is 5.69 Å². The van der Waals surface area contributed by atoms with Crippen LogP contribution in [-0.2, 0) is 13.6 Å². The largest absolute Gasteiger partial charge is 0.476 e. The third-order valence-electron chi connectivity index (χ3n) is 3.22. The van der Waals surface area contributed by atoms with Crippen LogP contribution in [-0.4, -0.2) is 35.7 Å². The lowest BCUT2D eigenvalue weighted by Crippen LogP contribution is -2.39. The Morgan fingerprint density at radius 2 is 2.08 bits per heavy atom. The lowest BCUT2D eigenvalue weighted by molar-refractivity contribution is 0.309. The zero-order chi connectivity index (χ0) is 17.5. The molecule has 0 aromatic carbocycles. The van der Waals surface area contributed by atoms with Crippen molar-refractivity contribution in [1.82, 2.24) is 20.2 Å². The highest BCUT2D eigenvalue weighted by Gasteiger charge is 2.09. The fraction of sp³-hybridized carbons (Fsp3) is 0.333. The van der Waals surface area contributed by atoms with Crippen molar-refractivity contribution in [3.8, 4) is 5.88 Å². The van der Waals surface area contributed by atoms with E-state index in [1.54, 1.807) is 25.4 Å². The first-order valence-electron chi connectivity index (χ1n) is 7.19. The zero-order valence-electron chi connectivity index (χ0n) is 13.3. The van der Waals surface area contributed by atoms with E-state index >= 15 is 0 Å². The van der Waals surface area contributed by atoms with Crippen LogP contribution in [0, 0.1) is 0 Å². The first-order valence-corrected chi connectivity index (χ1v) is 8.33. The Hall–Kier alpha value is -1.63. The number of hydrogen-bond donors (Lipinski definition) is 2. The summed E-state index contributed by atoms with van der Waals surface area (Å²) in [5, 5.41) is 7.95. The predicted molar refractivity (Wildman–Crippen MR) is 98.4 cm³/mol. The van der Waals surface area contributed by atoms with E-state index in [1.807, 2.05) is 17.7 Å². The van der Waals surface area contributed by atoms with Gasteiger partial charge >= 0.3 is 0 Å². The zero-order valence-corrected chi connectivity index (χ0v) is 15.6. The van der Waals surface area contributed by atoms with Crippen molar-refractivity contribution < 1.29 is 4.74 Å². The molecule has 0 aliphatic heterocycles. The summed E-state index contributed by atoms with van der Waals surface area (Å²) in [5.41, 5.74) is 0.953. The maximum atomic E-state index is 6.04. The molecule has 0 fully saturated rings. The third kappa shape index (κ3) is 5.19. The van der Waals surface area contributed by atoms with Crippen LogP contribution in [0.15, 0.2) is 29.4 Å². The standard InChI is InChI=1S/C15H18Cl3N5O/c1-19-15(22-9-11-7-12(17)14(18)23(11)2)20-5-6-24-13-4-3-10(16)8-21-13/h3-4,7-8H,5-6,9H2,1-2H3,(H2,19,20,22). The Bertz CT molecular complexity index is 700. The van der Waals surface area contributed by atoms with Crippen molar-refractivity contribution in [3.63, 3.8) is 0 Å². The van der Waals surface area contributed by atoms with Gasteiger partial charge in [0.1, 0.15) is 11.8 Å². The first kappa shape index (κ1) is 18.7. The van der Waals surface area contributed by atoms with Gasteiger partial charge in [-0.3, -0.25) is 4.99 Å². The SMILES string of the molecule is CN=C(NCCOc1ccc(Cl)cn1)NCc1cc(Cl)c(Cl)n1C. The molecule has 0 atom stereocenters. The minimum Gasteiger partial charge on any atom is -0.476 e. The summed E-state index contributed by atoms with van der Waals surface area (Å²) < 4.78 is 7.32. The molecular formula is C15H18Cl3N5O. The monoisotopic (exact) mass is 389 g/mol. The molecule has 0 aliphatic carbocycles. The van der Waals surface area contributed by atoms with Crippen molar-refractivity contribution >= 4 is 40.8 Å². The Kier molecular flexibility index (Phi) is 7.02.